The van der Waals surface area contributed by atoms with E-state index >= 15 is 0 Å². The van der Waals surface area contributed by atoms with E-state index in [0.29, 0.717) is 61.6 Å². The van der Waals surface area contributed by atoms with Crippen LogP contribution in [0, 0.1) is 10.8 Å². The van der Waals surface area contributed by atoms with Crippen molar-refractivity contribution in [2.75, 3.05) is 42.4 Å². The molecule has 0 spiro atoms. The van der Waals surface area contributed by atoms with Crippen molar-refractivity contribution in [1.29, 1.82) is 0 Å². The van der Waals surface area contributed by atoms with E-state index in [1.165, 1.54) is 11.8 Å². The standard InChI is InChI=1S/C29H33ClN6O5S2/c1-29(2,43-35-39)15-25(37)31-9-12-42-27(38)19-7-10-36(11-8-19)28-33-22-5-4-20(30)14-21(22)26(34-28)32-16-18-3-6-23-24(13-18)41-17-40-23/h3-6,13-14,19H,7-12,15-17H2,1-2H3,(H,31,37)(H,32,33,34). The second kappa shape index (κ2) is 14.0. The molecule has 228 valence electrons. The summed E-state index contributed by atoms with van der Waals surface area (Å²) in [6, 6.07) is 11.4. The topological polar surface area (TPSA) is 135 Å². The first-order valence-electron chi connectivity index (χ1n) is 14.0. The number of hydrogen-bond donors (Lipinski definition) is 2. The molecule has 5 rings (SSSR count). The molecule has 1 saturated heterocycles. The third-order valence-corrected chi connectivity index (χ3v) is 9.17. The zero-order valence-corrected chi connectivity index (χ0v) is 26.3. The minimum absolute atomic E-state index is 0.0613. The highest BCUT2D eigenvalue weighted by Gasteiger charge is 2.28. The van der Waals surface area contributed by atoms with Crippen LogP contribution < -0.4 is 25.0 Å². The highest BCUT2D eigenvalue weighted by atomic mass is 35.5. The van der Waals surface area contributed by atoms with Crippen LogP contribution >= 0.6 is 35.3 Å². The predicted octanol–water partition coefficient (Wildman–Crippen LogP) is 5.80. The van der Waals surface area contributed by atoms with Crippen LogP contribution in [0.2, 0.25) is 5.02 Å². The van der Waals surface area contributed by atoms with E-state index in [4.69, 9.17) is 31.0 Å². The Labute approximate surface area is 263 Å². The number of nitroso groups, excluding NO2 is 1. The zero-order chi connectivity index (χ0) is 30.4. The van der Waals surface area contributed by atoms with E-state index < -0.39 is 4.75 Å². The summed E-state index contributed by atoms with van der Waals surface area (Å²) >= 11 is 8.41. The number of anilines is 2. The number of thioether (sulfide) groups is 1. The average molecular weight is 645 g/mol. The molecule has 0 atom stereocenters. The summed E-state index contributed by atoms with van der Waals surface area (Å²) in [5.41, 5.74) is 1.80. The fourth-order valence-corrected chi connectivity index (χ4v) is 6.40. The number of aromatic nitrogens is 2. The highest BCUT2D eigenvalue weighted by molar-refractivity contribution is 8.13. The average Bonchev–Trinajstić information content (AvgIpc) is 3.46. The molecule has 0 unspecified atom stereocenters. The number of halogens is 1. The van der Waals surface area contributed by atoms with Gasteiger partial charge in [-0.15, -0.1) is 4.91 Å². The minimum atomic E-state index is -0.561. The number of nitrogens with one attached hydrogen (secondary N) is 2. The number of rotatable bonds is 12. The van der Waals surface area contributed by atoms with Crippen molar-refractivity contribution in [1.82, 2.24) is 15.3 Å². The molecule has 2 aliphatic rings. The van der Waals surface area contributed by atoms with E-state index in [-0.39, 0.29) is 30.2 Å². The molecule has 2 N–H and O–H groups in total. The molecule has 3 heterocycles. The molecule has 14 heteroatoms. The Morgan fingerprint density at radius 3 is 2.70 bits per heavy atom. The van der Waals surface area contributed by atoms with Crippen LogP contribution in [0.25, 0.3) is 10.9 Å². The number of nitrogens with zero attached hydrogens (tertiary/aromatic N) is 4. The Bertz CT molecular complexity index is 1500. The van der Waals surface area contributed by atoms with Gasteiger partial charge in [-0.1, -0.05) is 29.4 Å². The molecule has 2 aliphatic heterocycles. The molecule has 0 radical (unpaired) electrons. The lowest BCUT2D eigenvalue weighted by atomic mass is 9.98. The normalized spacial score (nSPS) is 15.0. The van der Waals surface area contributed by atoms with E-state index in [0.717, 1.165) is 39.9 Å². The summed E-state index contributed by atoms with van der Waals surface area (Å²) in [4.78, 5) is 47.3. The fraction of sp³-hybridized carbons (Fsp3) is 0.448. The summed E-state index contributed by atoms with van der Waals surface area (Å²) in [5, 5.41) is 7.83. The van der Waals surface area contributed by atoms with E-state index in [1.807, 2.05) is 36.4 Å². The van der Waals surface area contributed by atoms with Crippen molar-refractivity contribution in [3.8, 4) is 11.5 Å². The van der Waals surface area contributed by atoms with Gasteiger partial charge in [0.1, 0.15) is 5.82 Å². The van der Waals surface area contributed by atoms with Crippen molar-refractivity contribution in [2.24, 2.45) is 10.5 Å². The molecule has 0 bridgehead atoms. The van der Waals surface area contributed by atoms with Crippen LogP contribution in [0.1, 0.15) is 38.7 Å². The maximum Gasteiger partial charge on any atom is 0.231 e. The van der Waals surface area contributed by atoms with Crippen molar-refractivity contribution >= 4 is 69.0 Å². The minimum Gasteiger partial charge on any atom is -0.454 e. The monoisotopic (exact) mass is 644 g/mol. The van der Waals surface area contributed by atoms with Gasteiger partial charge in [-0.25, -0.2) is 4.98 Å². The van der Waals surface area contributed by atoms with Gasteiger partial charge in [-0.05, 0) is 62.6 Å². The van der Waals surface area contributed by atoms with Gasteiger partial charge < -0.3 is 25.0 Å². The van der Waals surface area contributed by atoms with Gasteiger partial charge in [0.2, 0.25) is 18.6 Å². The van der Waals surface area contributed by atoms with Gasteiger partial charge in [0.05, 0.1) is 5.52 Å². The molecule has 2 aromatic carbocycles. The number of carbonyl (C=O) groups excluding carboxylic acids is 2. The molecule has 1 fully saturated rings. The smallest absolute Gasteiger partial charge is 0.231 e. The number of amides is 1. The zero-order valence-electron chi connectivity index (χ0n) is 23.9. The molecule has 1 aromatic heterocycles. The highest BCUT2D eigenvalue weighted by Crippen LogP contribution is 2.34. The summed E-state index contributed by atoms with van der Waals surface area (Å²) in [7, 11) is 0. The summed E-state index contributed by atoms with van der Waals surface area (Å²) in [5.74, 6) is 3.03. The molecule has 0 aliphatic carbocycles. The number of carbonyl (C=O) groups is 2. The van der Waals surface area contributed by atoms with Crippen molar-refractivity contribution in [3.63, 3.8) is 0 Å². The first kappa shape index (κ1) is 31.1. The van der Waals surface area contributed by atoms with Crippen molar-refractivity contribution < 1.29 is 19.1 Å². The third-order valence-electron chi connectivity index (χ3n) is 7.19. The first-order valence-corrected chi connectivity index (χ1v) is 16.1. The van der Waals surface area contributed by atoms with Crippen LogP contribution in [-0.2, 0) is 16.1 Å². The second-order valence-electron chi connectivity index (χ2n) is 11.0. The lowest BCUT2D eigenvalue weighted by Gasteiger charge is -2.31. The molecule has 11 nitrogen and oxygen atoms in total. The van der Waals surface area contributed by atoms with Gasteiger partial charge in [0, 0.05) is 76.0 Å². The molecule has 43 heavy (non-hydrogen) atoms. The first-order chi connectivity index (χ1) is 20.7. The third kappa shape index (κ3) is 8.21. The van der Waals surface area contributed by atoms with Crippen molar-refractivity contribution in [3.05, 3.63) is 51.9 Å². The van der Waals surface area contributed by atoms with E-state index in [2.05, 4.69) is 20.1 Å². The Morgan fingerprint density at radius 2 is 1.91 bits per heavy atom. The van der Waals surface area contributed by atoms with Gasteiger partial charge in [0.25, 0.3) is 0 Å². The largest absolute Gasteiger partial charge is 0.454 e. The Balaban J connectivity index is 1.15. The van der Waals surface area contributed by atoms with Crippen LogP contribution in [-0.4, -0.2) is 57.9 Å². The summed E-state index contributed by atoms with van der Waals surface area (Å²) < 4.78 is 13.2. The molecule has 0 saturated carbocycles. The predicted molar refractivity (Wildman–Crippen MR) is 172 cm³/mol. The second-order valence-corrected chi connectivity index (χ2v) is 13.9. The summed E-state index contributed by atoms with van der Waals surface area (Å²) in [6.45, 7) is 6.04. The number of benzene rings is 2. The maximum atomic E-state index is 12.9. The Morgan fingerprint density at radius 1 is 1.12 bits per heavy atom. The fourth-order valence-electron chi connectivity index (χ4n) is 4.96. The van der Waals surface area contributed by atoms with E-state index in [9.17, 15) is 14.5 Å². The quantitative estimate of drug-likeness (QED) is 0.141. The maximum absolute atomic E-state index is 12.9. The van der Waals surface area contributed by atoms with Crippen molar-refractivity contribution in [2.45, 2.75) is 44.4 Å². The van der Waals surface area contributed by atoms with Crippen LogP contribution in [0.15, 0.2) is 41.0 Å². The SMILES string of the molecule is CC(C)(CC(=O)NCCSC(=O)C1CCN(c2nc(NCc3ccc4c(c3)OCO4)c3cc(Cl)ccc3n2)CC1)SN=O. The number of fused-ring (bicyclic) bond motifs is 2. The molecular formula is C29H33ClN6O5S2. The van der Waals surface area contributed by atoms with Crippen LogP contribution in [0.3, 0.4) is 0 Å². The van der Waals surface area contributed by atoms with Crippen LogP contribution in [0.5, 0.6) is 11.5 Å². The summed E-state index contributed by atoms with van der Waals surface area (Å²) in [6.07, 6.45) is 1.58. The van der Waals surface area contributed by atoms with E-state index in [1.54, 1.807) is 13.8 Å². The lowest BCUT2D eigenvalue weighted by Crippen LogP contribution is -2.37. The van der Waals surface area contributed by atoms with Gasteiger partial charge in [-0.3, -0.25) is 9.59 Å². The van der Waals surface area contributed by atoms with Gasteiger partial charge in [-0.2, -0.15) is 4.98 Å². The lowest BCUT2D eigenvalue weighted by molar-refractivity contribution is -0.121. The number of hydrogen-bond acceptors (Lipinski definition) is 12. The number of ether oxygens (including phenoxy) is 2. The Hall–Kier alpha value is -3.29. The van der Waals surface area contributed by atoms with Crippen LogP contribution in [0.4, 0.5) is 11.8 Å². The van der Waals surface area contributed by atoms with Gasteiger partial charge in [0.15, 0.2) is 16.6 Å². The van der Waals surface area contributed by atoms with Gasteiger partial charge >= 0.3 is 0 Å². The molecular weight excluding hydrogens is 612 g/mol. The number of piperidine rings is 1. The molecule has 1 amide bonds. The molecule has 3 aromatic rings. The Kier molecular flexibility index (Phi) is 10.1.